The summed E-state index contributed by atoms with van der Waals surface area (Å²) >= 11 is 1.32. The average Bonchev–Trinajstić information content (AvgIpc) is 2.87. The van der Waals surface area contributed by atoms with E-state index in [1.165, 1.54) is 22.5 Å². The van der Waals surface area contributed by atoms with E-state index in [1.54, 1.807) is 0 Å². The van der Waals surface area contributed by atoms with Gasteiger partial charge in [0.25, 0.3) is 0 Å². The SMILES string of the molecule is Cc1ccc(-c2csc(NC(=O)CCS(C)(=O)=O)n2)cc1C. The number of hydrogen-bond acceptors (Lipinski definition) is 5. The third-order valence-corrected chi connectivity index (χ3v) is 4.96. The zero-order chi connectivity index (χ0) is 16.3. The first kappa shape index (κ1) is 16.6. The first-order chi connectivity index (χ1) is 10.2. The van der Waals surface area contributed by atoms with Crippen LogP contribution in [-0.4, -0.2) is 31.3 Å². The van der Waals surface area contributed by atoms with Crippen molar-refractivity contribution in [3.8, 4) is 11.3 Å². The molecular weight excluding hydrogens is 320 g/mol. The van der Waals surface area contributed by atoms with Gasteiger partial charge >= 0.3 is 0 Å². The van der Waals surface area contributed by atoms with Gasteiger partial charge in [0.1, 0.15) is 9.84 Å². The van der Waals surface area contributed by atoms with Crippen LogP contribution in [-0.2, 0) is 14.6 Å². The highest BCUT2D eigenvalue weighted by molar-refractivity contribution is 7.90. The first-order valence-electron chi connectivity index (χ1n) is 6.75. The summed E-state index contributed by atoms with van der Waals surface area (Å²) < 4.78 is 22.1. The summed E-state index contributed by atoms with van der Waals surface area (Å²) in [4.78, 5) is 16.1. The van der Waals surface area contributed by atoms with Crippen LogP contribution >= 0.6 is 11.3 Å². The third kappa shape index (κ3) is 4.64. The Morgan fingerprint density at radius 1 is 1.27 bits per heavy atom. The molecule has 0 aliphatic heterocycles. The maximum absolute atomic E-state index is 11.7. The number of anilines is 1. The summed E-state index contributed by atoms with van der Waals surface area (Å²) in [6.45, 7) is 4.09. The lowest BCUT2D eigenvalue weighted by atomic mass is 10.1. The molecule has 0 fully saturated rings. The lowest BCUT2D eigenvalue weighted by Gasteiger charge is -2.03. The zero-order valence-corrected chi connectivity index (χ0v) is 14.3. The third-order valence-electron chi connectivity index (χ3n) is 3.25. The lowest BCUT2D eigenvalue weighted by Crippen LogP contribution is -2.16. The molecule has 0 radical (unpaired) electrons. The monoisotopic (exact) mass is 338 g/mol. The quantitative estimate of drug-likeness (QED) is 0.909. The fourth-order valence-electron chi connectivity index (χ4n) is 1.82. The van der Waals surface area contributed by atoms with Crippen molar-refractivity contribution in [3.05, 3.63) is 34.7 Å². The number of rotatable bonds is 5. The molecule has 2 rings (SSSR count). The molecule has 0 aliphatic carbocycles. The van der Waals surface area contributed by atoms with Gasteiger partial charge in [0.15, 0.2) is 5.13 Å². The van der Waals surface area contributed by atoms with Crippen LogP contribution in [0.1, 0.15) is 17.5 Å². The number of aryl methyl sites for hydroxylation is 2. The number of thiazole rings is 1. The Balaban J connectivity index is 2.05. The van der Waals surface area contributed by atoms with Gasteiger partial charge in [-0.2, -0.15) is 0 Å². The Hall–Kier alpha value is -1.73. The van der Waals surface area contributed by atoms with Gasteiger partial charge in [0.05, 0.1) is 11.4 Å². The van der Waals surface area contributed by atoms with E-state index < -0.39 is 9.84 Å². The van der Waals surface area contributed by atoms with Crippen LogP contribution in [0.5, 0.6) is 0 Å². The standard InChI is InChI=1S/C15H18N2O3S2/c1-10-4-5-12(8-11(10)2)13-9-21-15(16-13)17-14(18)6-7-22(3,19)20/h4-5,8-9H,6-7H2,1-3H3,(H,16,17,18). The maximum atomic E-state index is 11.7. The highest BCUT2D eigenvalue weighted by Crippen LogP contribution is 2.26. The fourth-order valence-corrected chi connectivity index (χ4v) is 3.12. The van der Waals surface area contributed by atoms with Gasteiger partial charge in [-0.25, -0.2) is 13.4 Å². The van der Waals surface area contributed by atoms with Crippen molar-refractivity contribution in [3.63, 3.8) is 0 Å². The molecule has 1 amide bonds. The summed E-state index contributed by atoms with van der Waals surface area (Å²) in [6, 6.07) is 6.08. The van der Waals surface area contributed by atoms with Gasteiger partial charge in [-0.1, -0.05) is 12.1 Å². The van der Waals surface area contributed by atoms with Crippen molar-refractivity contribution in [2.45, 2.75) is 20.3 Å². The molecule has 0 spiro atoms. The number of benzene rings is 1. The number of sulfone groups is 1. The minimum absolute atomic E-state index is 0.0581. The summed E-state index contributed by atoms with van der Waals surface area (Å²) in [7, 11) is -3.14. The molecule has 22 heavy (non-hydrogen) atoms. The molecule has 1 N–H and O–H groups in total. The topological polar surface area (TPSA) is 76.1 Å². The van der Waals surface area contributed by atoms with E-state index in [2.05, 4.69) is 16.4 Å². The molecule has 0 bridgehead atoms. The Morgan fingerprint density at radius 2 is 2.00 bits per heavy atom. The van der Waals surface area contributed by atoms with Crippen molar-refractivity contribution in [1.82, 2.24) is 4.98 Å². The largest absolute Gasteiger partial charge is 0.302 e. The van der Waals surface area contributed by atoms with Gasteiger partial charge in [0, 0.05) is 23.6 Å². The second-order valence-electron chi connectivity index (χ2n) is 5.26. The number of carbonyl (C=O) groups is 1. The van der Waals surface area contributed by atoms with Crippen LogP contribution in [0, 0.1) is 13.8 Å². The van der Waals surface area contributed by atoms with Crippen molar-refractivity contribution in [2.75, 3.05) is 17.3 Å². The van der Waals surface area contributed by atoms with Crippen molar-refractivity contribution >= 4 is 32.2 Å². The minimum Gasteiger partial charge on any atom is -0.302 e. The minimum atomic E-state index is -3.14. The molecule has 1 heterocycles. The van der Waals surface area contributed by atoms with Crippen molar-refractivity contribution < 1.29 is 13.2 Å². The summed E-state index contributed by atoms with van der Waals surface area (Å²) in [5.41, 5.74) is 4.19. The zero-order valence-electron chi connectivity index (χ0n) is 12.7. The van der Waals surface area contributed by atoms with E-state index in [0.717, 1.165) is 17.5 Å². The van der Waals surface area contributed by atoms with E-state index in [4.69, 9.17) is 0 Å². The molecular formula is C15H18N2O3S2. The van der Waals surface area contributed by atoms with Gasteiger partial charge in [0.2, 0.25) is 5.91 Å². The Morgan fingerprint density at radius 3 is 2.64 bits per heavy atom. The summed E-state index contributed by atoms with van der Waals surface area (Å²) in [5.74, 6) is -0.500. The second kappa shape index (κ2) is 6.58. The number of nitrogens with zero attached hydrogens (tertiary/aromatic N) is 1. The summed E-state index contributed by atoms with van der Waals surface area (Å²) in [5, 5.41) is 4.98. The summed E-state index contributed by atoms with van der Waals surface area (Å²) in [6.07, 6.45) is 1.05. The molecule has 7 heteroatoms. The highest BCUT2D eigenvalue weighted by atomic mass is 32.2. The smallest absolute Gasteiger partial charge is 0.227 e. The molecule has 5 nitrogen and oxygen atoms in total. The molecule has 1 aromatic heterocycles. The Bertz CT molecular complexity index is 795. The molecule has 0 unspecified atom stereocenters. The molecule has 1 aromatic carbocycles. The van der Waals surface area contributed by atoms with E-state index >= 15 is 0 Å². The Kier molecular flexibility index (Phi) is 4.97. The predicted octanol–water partition coefficient (Wildman–Crippen LogP) is 2.80. The van der Waals surface area contributed by atoms with Crippen LogP contribution in [0.15, 0.2) is 23.6 Å². The normalized spacial score (nSPS) is 11.4. The molecule has 0 aliphatic rings. The molecule has 0 saturated heterocycles. The van der Waals surface area contributed by atoms with Crippen LogP contribution in [0.25, 0.3) is 11.3 Å². The first-order valence-corrected chi connectivity index (χ1v) is 9.69. The average molecular weight is 338 g/mol. The number of carbonyl (C=O) groups excluding carboxylic acids is 1. The van der Waals surface area contributed by atoms with Crippen LogP contribution < -0.4 is 5.32 Å². The van der Waals surface area contributed by atoms with E-state index in [1.807, 2.05) is 31.4 Å². The number of hydrogen-bond donors (Lipinski definition) is 1. The van der Waals surface area contributed by atoms with Crippen molar-refractivity contribution in [2.24, 2.45) is 0 Å². The van der Waals surface area contributed by atoms with Gasteiger partial charge in [-0.3, -0.25) is 4.79 Å². The maximum Gasteiger partial charge on any atom is 0.227 e. The highest BCUT2D eigenvalue weighted by Gasteiger charge is 2.11. The molecule has 0 saturated carbocycles. The Labute approximate surface area is 134 Å². The number of amides is 1. The van der Waals surface area contributed by atoms with E-state index in [-0.39, 0.29) is 18.1 Å². The molecule has 118 valence electrons. The van der Waals surface area contributed by atoms with Gasteiger partial charge in [-0.05, 0) is 31.0 Å². The lowest BCUT2D eigenvalue weighted by molar-refractivity contribution is -0.115. The van der Waals surface area contributed by atoms with Crippen molar-refractivity contribution in [1.29, 1.82) is 0 Å². The van der Waals surface area contributed by atoms with E-state index in [0.29, 0.717) is 5.13 Å². The predicted molar refractivity (Wildman–Crippen MR) is 90.0 cm³/mol. The number of aromatic nitrogens is 1. The van der Waals surface area contributed by atoms with Gasteiger partial charge < -0.3 is 5.32 Å². The number of nitrogens with one attached hydrogen (secondary N) is 1. The fraction of sp³-hybridized carbons (Fsp3) is 0.333. The van der Waals surface area contributed by atoms with Crippen LogP contribution in [0.2, 0.25) is 0 Å². The van der Waals surface area contributed by atoms with Gasteiger partial charge in [-0.15, -0.1) is 11.3 Å². The van der Waals surface area contributed by atoms with Crippen LogP contribution in [0.3, 0.4) is 0 Å². The molecule has 0 atom stereocenters. The van der Waals surface area contributed by atoms with E-state index in [9.17, 15) is 13.2 Å². The molecule has 2 aromatic rings. The van der Waals surface area contributed by atoms with Crippen LogP contribution in [0.4, 0.5) is 5.13 Å². The second-order valence-corrected chi connectivity index (χ2v) is 8.38.